The Hall–Kier alpha value is 0.674. The molecule has 0 aliphatic carbocycles. The number of nitrogens with one attached hydrogen (secondary N) is 1. The molecule has 0 aromatic heterocycles. The molecular weight excluding hydrogens is 134 g/mol. The summed E-state index contributed by atoms with van der Waals surface area (Å²) >= 11 is 0. The van der Waals surface area contributed by atoms with Gasteiger partial charge in [-0.3, -0.25) is 0 Å². The fraction of sp³-hybridized carbons (Fsp3) is 1.00. The minimum Gasteiger partial charge on any atom is -0.672 e. The van der Waals surface area contributed by atoms with Crippen molar-refractivity contribution in [3.63, 3.8) is 0 Å². The molecule has 0 radical (unpaired) electrons. The van der Waals surface area contributed by atoms with Gasteiger partial charge in [0.2, 0.25) is 0 Å². The summed E-state index contributed by atoms with van der Waals surface area (Å²) in [7, 11) is 0. The van der Waals surface area contributed by atoms with E-state index in [0.717, 1.165) is 0 Å². The molecule has 0 bridgehead atoms. The molecular formula is C6H14NTi+. The molecule has 0 amide bonds. The molecule has 2 heteroatoms. The zero-order valence-corrected chi connectivity index (χ0v) is 7.64. The Bertz CT molecular complexity index is 54.0. The summed E-state index contributed by atoms with van der Waals surface area (Å²) in [6, 6.07) is 0. The Morgan fingerprint density at radius 3 is 1.38 bits per heavy atom. The Kier molecular flexibility index (Phi) is 5.24. The second-order valence-corrected chi connectivity index (χ2v) is 2.88. The predicted molar refractivity (Wildman–Crippen MR) is 33.2 cm³/mol. The summed E-state index contributed by atoms with van der Waals surface area (Å²) in [5, 5.41) is 0. The number of hydrogen-bond acceptors (Lipinski definition) is 0. The Morgan fingerprint density at radius 2 is 1.38 bits per heavy atom. The minimum absolute atomic E-state index is 0. The Balaban J connectivity index is 0. The van der Waals surface area contributed by atoms with Gasteiger partial charge in [0.05, 0.1) is 0 Å². The van der Waals surface area contributed by atoms with Crippen molar-refractivity contribution in [3.8, 4) is 0 Å². The smallest absolute Gasteiger partial charge is 0.672 e. The van der Waals surface area contributed by atoms with Crippen LogP contribution in [-0.2, 0) is 21.7 Å². The van der Waals surface area contributed by atoms with Crippen molar-refractivity contribution in [2.75, 3.05) is 0 Å². The van der Waals surface area contributed by atoms with Gasteiger partial charge in [0.15, 0.2) is 0 Å². The molecule has 0 aromatic carbocycles. The zero-order valence-electron chi connectivity index (χ0n) is 6.08. The van der Waals surface area contributed by atoms with Crippen LogP contribution in [0.25, 0.3) is 5.73 Å². The van der Waals surface area contributed by atoms with Gasteiger partial charge in [0, 0.05) is 0 Å². The van der Waals surface area contributed by atoms with Crippen molar-refractivity contribution < 1.29 is 21.7 Å². The summed E-state index contributed by atoms with van der Waals surface area (Å²) in [5.74, 6) is 0.465. The maximum Gasteiger partial charge on any atom is 2.00 e. The van der Waals surface area contributed by atoms with Crippen LogP contribution in [0.4, 0.5) is 0 Å². The molecule has 0 spiro atoms. The minimum atomic E-state index is -0.250. The third-order valence-corrected chi connectivity index (χ3v) is 1.44. The van der Waals surface area contributed by atoms with Crippen LogP contribution < -0.4 is 0 Å². The van der Waals surface area contributed by atoms with Crippen LogP contribution in [-0.4, -0.2) is 5.54 Å². The van der Waals surface area contributed by atoms with E-state index in [9.17, 15) is 0 Å². The molecule has 0 atom stereocenters. The van der Waals surface area contributed by atoms with Crippen LogP contribution in [0.15, 0.2) is 0 Å². The fourth-order valence-electron chi connectivity index (χ4n) is 0. The van der Waals surface area contributed by atoms with Crippen molar-refractivity contribution in [1.29, 1.82) is 0 Å². The third-order valence-electron chi connectivity index (χ3n) is 1.44. The first kappa shape index (κ1) is 11.5. The second-order valence-electron chi connectivity index (χ2n) is 2.88. The largest absolute Gasteiger partial charge is 2.00 e. The van der Waals surface area contributed by atoms with Crippen LogP contribution in [0, 0.1) is 5.92 Å². The molecule has 0 aliphatic heterocycles. The van der Waals surface area contributed by atoms with E-state index in [1.54, 1.807) is 0 Å². The van der Waals surface area contributed by atoms with Gasteiger partial charge in [-0.15, -0.1) is 5.54 Å². The van der Waals surface area contributed by atoms with E-state index in [4.69, 9.17) is 5.73 Å². The van der Waals surface area contributed by atoms with E-state index >= 15 is 0 Å². The van der Waals surface area contributed by atoms with Crippen molar-refractivity contribution >= 4 is 0 Å². The molecule has 46 valence electrons. The summed E-state index contributed by atoms with van der Waals surface area (Å²) in [6.07, 6.45) is 0. The quantitative estimate of drug-likeness (QED) is 0.510. The van der Waals surface area contributed by atoms with Gasteiger partial charge >= 0.3 is 21.7 Å². The first-order valence-electron chi connectivity index (χ1n) is 2.69. The zero-order chi connectivity index (χ0) is 6.08. The van der Waals surface area contributed by atoms with Gasteiger partial charge in [-0.05, 0) is 0 Å². The average molecular weight is 148 g/mol. The van der Waals surface area contributed by atoms with Gasteiger partial charge in [-0.1, -0.05) is 33.6 Å². The van der Waals surface area contributed by atoms with Crippen molar-refractivity contribution in [1.82, 2.24) is 0 Å². The molecule has 1 nitrogen and oxygen atoms in total. The van der Waals surface area contributed by atoms with E-state index < -0.39 is 0 Å². The first-order valence-corrected chi connectivity index (χ1v) is 2.69. The Labute approximate surface area is 66.9 Å². The molecule has 0 heterocycles. The van der Waals surface area contributed by atoms with E-state index in [2.05, 4.69) is 13.8 Å². The average Bonchev–Trinajstić information content (AvgIpc) is 1.31. The van der Waals surface area contributed by atoms with Gasteiger partial charge in [0.1, 0.15) is 0 Å². The number of hydrogen-bond donors (Lipinski definition) is 0. The van der Waals surface area contributed by atoms with E-state index in [1.807, 2.05) is 13.8 Å². The van der Waals surface area contributed by atoms with E-state index in [1.165, 1.54) is 0 Å². The molecule has 0 saturated carbocycles. The molecule has 0 fully saturated rings. The van der Waals surface area contributed by atoms with Gasteiger partial charge in [-0.25, -0.2) is 0 Å². The van der Waals surface area contributed by atoms with Gasteiger partial charge in [0.25, 0.3) is 0 Å². The van der Waals surface area contributed by atoms with Gasteiger partial charge in [-0.2, -0.15) is 0 Å². The summed E-state index contributed by atoms with van der Waals surface area (Å²) in [6.45, 7) is 7.98. The second kappa shape index (κ2) is 3.65. The molecule has 1 N–H and O–H groups in total. The first-order chi connectivity index (χ1) is 2.94. The predicted octanol–water partition coefficient (Wildman–Crippen LogP) is 2.47. The Morgan fingerprint density at radius 1 is 1.25 bits per heavy atom. The molecule has 0 aliphatic rings. The maximum absolute atomic E-state index is 7.39. The maximum atomic E-state index is 7.39. The third kappa shape index (κ3) is 4.82. The van der Waals surface area contributed by atoms with Crippen molar-refractivity contribution in [3.05, 3.63) is 5.73 Å². The van der Waals surface area contributed by atoms with Crippen LogP contribution in [0.3, 0.4) is 0 Å². The monoisotopic (exact) mass is 148 g/mol. The molecule has 0 saturated heterocycles. The van der Waals surface area contributed by atoms with Crippen LogP contribution in [0.5, 0.6) is 0 Å². The van der Waals surface area contributed by atoms with Crippen LogP contribution >= 0.6 is 0 Å². The van der Waals surface area contributed by atoms with Crippen molar-refractivity contribution in [2.45, 2.75) is 33.2 Å². The number of rotatable bonds is 1. The molecule has 0 unspecified atom stereocenters. The molecule has 0 rings (SSSR count). The summed E-state index contributed by atoms with van der Waals surface area (Å²) in [5.41, 5.74) is 7.14. The van der Waals surface area contributed by atoms with Crippen LogP contribution in [0.2, 0.25) is 0 Å². The standard InChI is InChI=1S/C6H14N.Ti/c1-5(2)6(3,4)7;/h5,7H,1-4H3;/q-1;+2. The van der Waals surface area contributed by atoms with E-state index in [-0.39, 0.29) is 27.3 Å². The van der Waals surface area contributed by atoms with E-state index in [0.29, 0.717) is 5.92 Å². The van der Waals surface area contributed by atoms with Gasteiger partial charge < -0.3 is 5.73 Å². The fourth-order valence-corrected chi connectivity index (χ4v) is 0. The molecule has 8 heavy (non-hydrogen) atoms. The SMILES string of the molecule is CC(C)C(C)(C)[NH-].[Ti+2]. The topological polar surface area (TPSA) is 23.8 Å². The summed E-state index contributed by atoms with van der Waals surface area (Å²) in [4.78, 5) is 0. The normalized spacial score (nSPS) is 11.2. The molecule has 0 aromatic rings. The van der Waals surface area contributed by atoms with Crippen LogP contribution in [0.1, 0.15) is 27.7 Å². The van der Waals surface area contributed by atoms with Crippen molar-refractivity contribution in [2.24, 2.45) is 5.92 Å². The summed E-state index contributed by atoms with van der Waals surface area (Å²) < 4.78 is 0.